The summed E-state index contributed by atoms with van der Waals surface area (Å²) in [6.07, 6.45) is 0. The first-order chi connectivity index (χ1) is 10.2. The van der Waals surface area contributed by atoms with Crippen LogP contribution in [0.1, 0.15) is 26.3 Å². The van der Waals surface area contributed by atoms with Crippen LogP contribution >= 0.6 is 0 Å². The van der Waals surface area contributed by atoms with Crippen LogP contribution < -0.4 is 10.6 Å². The van der Waals surface area contributed by atoms with E-state index in [-0.39, 0.29) is 23.8 Å². The molecular weight excluding hydrogens is 283 g/mol. The zero-order chi connectivity index (χ0) is 16.8. The molecule has 1 amide bonds. The van der Waals surface area contributed by atoms with E-state index in [4.69, 9.17) is 0 Å². The van der Waals surface area contributed by atoms with Crippen LogP contribution in [0.15, 0.2) is 29.3 Å². The lowest BCUT2D eigenvalue weighted by molar-refractivity contribution is -0.121. The predicted octanol–water partition coefficient (Wildman–Crippen LogP) is 1.75. The van der Waals surface area contributed by atoms with Crippen LogP contribution in [0.4, 0.5) is 4.39 Å². The fourth-order valence-corrected chi connectivity index (χ4v) is 1.95. The normalized spacial score (nSPS) is 12.0. The van der Waals surface area contributed by atoms with Crippen molar-refractivity contribution >= 4 is 11.9 Å². The molecule has 0 spiro atoms. The number of hydrogen-bond donors (Lipinski definition) is 2. The number of guanidine groups is 1. The Morgan fingerprint density at radius 1 is 1.27 bits per heavy atom. The largest absolute Gasteiger partial charge is 0.350 e. The minimum absolute atomic E-state index is 0.0937. The molecule has 0 bridgehead atoms. The van der Waals surface area contributed by atoms with Crippen LogP contribution in [0.5, 0.6) is 0 Å². The van der Waals surface area contributed by atoms with Gasteiger partial charge in [0.15, 0.2) is 5.96 Å². The van der Waals surface area contributed by atoms with Crippen molar-refractivity contribution in [2.45, 2.75) is 32.9 Å². The average molecular weight is 308 g/mol. The minimum atomic E-state index is -0.262. The number of nitrogens with zero attached hydrogens (tertiary/aromatic N) is 2. The Kier molecular flexibility index (Phi) is 6.34. The molecule has 0 aliphatic heterocycles. The third-order valence-electron chi connectivity index (χ3n) is 2.83. The number of benzene rings is 1. The van der Waals surface area contributed by atoms with Gasteiger partial charge in [0.1, 0.15) is 5.82 Å². The molecule has 0 fully saturated rings. The van der Waals surface area contributed by atoms with Crippen LogP contribution in [0, 0.1) is 5.82 Å². The smallest absolute Gasteiger partial charge is 0.239 e. The second kappa shape index (κ2) is 7.77. The van der Waals surface area contributed by atoms with E-state index in [1.165, 1.54) is 12.1 Å². The highest BCUT2D eigenvalue weighted by atomic mass is 19.1. The number of aliphatic imine (C=N–C) groups is 1. The molecule has 1 rings (SSSR count). The van der Waals surface area contributed by atoms with E-state index in [1.54, 1.807) is 19.2 Å². The van der Waals surface area contributed by atoms with Gasteiger partial charge in [-0.2, -0.15) is 0 Å². The standard InChI is InChI=1S/C16H25FN4O/c1-16(2,3)20-14(22)10-19-15(18-4)21(5)11-12-6-8-13(17)9-7-12/h6-9H,10-11H2,1-5H3,(H,18,19)(H,20,22). The monoisotopic (exact) mass is 308 g/mol. The Morgan fingerprint density at radius 3 is 2.36 bits per heavy atom. The Labute approximate surface area is 131 Å². The molecule has 5 nitrogen and oxygen atoms in total. The summed E-state index contributed by atoms with van der Waals surface area (Å²) < 4.78 is 12.9. The molecule has 0 aromatic heterocycles. The van der Waals surface area contributed by atoms with Gasteiger partial charge in [0.25, 0.3) is 0 Å². The van der Waals surface area contributed by atoms with Gasteiger partial charge in [0.05, 0.1) is 6.54 Å². The fourth-order valence-electron chi connectivity index (χ4n) is 1.95. The van der Waals surface area contributed by atoms with Gasteiger partial charge in [-0.25, -0.2) is 4.39 Å². The molecule has 0 atom stereocenters. The van der Waals surface area contributed by atoms with Gasteiger partial charge in [-0.3, -0.25) is 9.79 Å². The first-order valence-electron chi connectivity index (χ1n) is 7.18. The van der Waals surface area contributed by atoms with Crippen LogP contribution in [-0.2, 0) is 11.3 Å². The second-order valence-electron chi connectivity index (χ2n) is 6.18. The lowest BCUT2D eigenvalue weighted by Crippen LogP contribution is -2.48. The molecule has 6 heteroatoms. The van der Waals surface area contributed by atoms with E-state index in [9.17, 15) is 9.18 Å². The van der Waals surface area contributed by atoms with E-state index in [2.05, 4.69) is 15.6 Å². The maximum atomic E-state index is 12.9. The van der Waals surface area contributed by atoms with Crippen molar-refractivity contribution in [1.29, 1.82) is 0 Å². The summed E-state index contributed by atoms with van der Waals surface area (Å²) in [7, 11) is 3.52. The summed E-state index contributed by atoms with van der Waals surface area (Å²) in [6.45, 7) is 6.51. The quantitative estimate of drug-likeness (QED) is 0.658. The average Bonchev–Trinajstić information content (AvgIpc) is 2.40. The van der Waals surface area contributed by atoms with Gasteiger partial charge in [0.2, 0.25) is 5.91 Å². The third-order valence-corrected chi connectivity index (χ3v) is 2.83. The molecule has 22 heavy (non-hydrogen) atoms. The van der Waals surface area contributed by atoms with E-state index < -0.39 is 0 Å². The maximum Gasteiger partial charge on any atom is 0.239 e. The van der Waals surface area contributed by atoms with Crippen LogP contribution in [0.25, 0.3) is 0 Å². The molecule has 1 aromatic carbocycles. The highest BCUT2D eigenvalue weighted by Crippen LogP contribution is 2.05. The summed E-state index contributed by atoms with van der Waals surface area (Å²) in [5.41, 5.74) is 0.702. The molecule has 0 unspecified atom stereocenters. The van der Waals surface area contributed by atoms with Gasteiger partial charge in [-0.05, 0) is 38.5 Å². The van der Waals surface area contributed by atoms with E-state index >= 15 is 0 Å². The summed E-state index contributed by atoms with van der Waals surface area (Å²) in [4.78, 5) is 17.8. The van der Waals surface area contributed by atoms with Crippen molar-refractivity contribution in [2.24, 2.45) is 4.99 Å². The molecule has 0 aliphatic rings. The first-order valence-corrected chi connectivity index (χ1v) is 7.18. The highest BCUT2D eigenvalue weighted by molar-refractivity contribution is 5.86. The zero-order valence-corrected chi connectivity index (χ0v) is 13.9. The summed E-state index contributed by atoms with van der Waals surface area (Å²) in [5.74, 6) is 0.255. The van der Waals surface area contributed by atoms with Crippen molar-refractivity contribution < 1.29 is 9.18 Å². The van der Waals surface area contributed by atoms with Crippen LogP contribution in [0.3, 0.4) is 0 Å². The number of hydrogen-bond acceptors (Lipinski definition) is 2. The highest BCUT2D eigenvalue weighted by Gasteiger charge is 2.14. The Hall–Kier alpha value is -2.11. The summed E-state index contributed by atoms with van der Waals surface area (Å²) in [6, 6.07) is 6.31. The minimum Gasteiger partial charge on any atom is -0.350 e. The van der Waals surface area contributed by atoms with Gasteiger partial charge < -0.3 is 15.5 Å². The van der Waals surface area contributed by atoms with Gasteiger partial charge >= 0.3 is 0 Å². The fraction of sp³-hybridized carbons (Fsp3) is 0.500. The molecule has 0 saturated carbocycles. The first kappa shape index (κ1) is 17.9. The number of rotatable bonds is 4. The number of halogens is 1. The predicted molar refractivity (Wildman–Crippen MR) is 87.1 cm³/mol. The third kappa shape index (κ3) is 6.56. The number of amides is 1. The molecule has 0 saturated heterocycles. The van der Waals surface area contributed by atoms with Gasteiger partial charge in [-0.1, -0.05) is 12.1 Å². The van der Waals surface area contributed by atoms with Crippen molar-refractivity contribution in [3.05, 3.63) is 35.6 Å². The lowest BCUT2D eigenvalue weighted by atomic mass is 10.1. The summed E-state index contributed by atoms with van der Waals surface area (Å²) >= 11 is 0. The second-order valence-corrected chi connectivity index (χ2v) is 6.18. The topological polar surface area (TPSA) is 56.7 Å². The molecule has 0 aliphatic carbocycles. The number of carbonyl (C=O) groups is 1. The van der Waals surface area contributed by atoms with Crippen LogP contribution in [0.2, 0.25) is 0 Å². The lowest BCUT2D eigenvalue weighted by Gasteiger charge is -2.24. The van der Waals surface area contributed by atoms with E-state index in [0.29, 0.717) is 12.5 Å². The molecule has 122 valence electrons. The molecule has 0 radical (unpaired) electrons. The van der Waals surface area contributed by atoms with Crippen molar-refractivity contribution in [3.63, 3.8) is 0 Å². The Bertz CT molecular complexity index is 520. The number of nitrogens with one attached hydrogen (secondary N) is 2. The molecule has 0 heterocycles. The molecular formula is C16H25FN4O. The van der Waals surface area contributed by atoms with Crippen molar-refractivity contribution in [3.8, 4) is 0 Å². The summed E-state index contributed by atoms with van der Waals surface area (Å²) in [5, 5.41) is 5.89. The van der Waals surface area contributed by atoms with Gasteiger partial charge in [-0.15, -0.1) is 0 Å². The number of carbonyl (C=O) groups excluding carboxylic acids is 1. The van der Waals surface area contributed by atoms with Crippen LogP contribution in [-0.4, -0.2) is 42.9 Å². The molecule has 2 N–H and O–H groups in total. The van der Waals surface area contributed by atoms with Gasteiger partial charge in [0, 0.05) is 26.2 Å². The van der Waals surface area contributed by atoms with Crippen molar-refractivity contribution in [2.75, 3.05) is 20.6 Å². The van der Waals surface area contributed by atoms with E-state index in [1.807, 2.05) is 32.7 Å². The Morgan fingerprint density at radius 2 is 1.86 bits per heavy atom. The molecule has 1 aromatic rings. The zero-order valence-electron chi connectivity index (χ0n) is 13.9. The maximum absolute atomic E-state index is 12.9. The van der Waals surface area contributed by atoms with E-state index in [0.717, 1.165) is 5.56 Å². The Balaban J connectivity index is 2.53. The SMILES string of the molecule is CN=C(NCC(=O)NC(C)(C)C)N(C)Cc1ccc(F)cc1. The van der Waals surface area contributed by atoms with Crippen molar-refractivity contribution in [1.82, 2.24) is 15.5 Å².